The third kappa shape index (κ3) is 7.04. The fourth-order valence-electron chi connectivity index (χ4n) is 1.75. The number of carbonyl (C=O) groups excluding carboxylic acids is 2. The summed E-state index contributed by atoms with van der Waals surface area (Å²) in [6.07, 6.45) is -1.60. The van der Waals surface area contributed by atoms with E-state index in [1.807, 2.05) is 0 Å². The van der Waals surface area contributed by atoms with Gasteiger partial charge in [0.1, 0.15) is 0 Å². The molecule has 1 aromatic carbocycles. The molecule has 0 aliphatic carbocycles. The fraction of sp³-hybridized carbons (Fsp3) is 0.375. The van der Waals surface area contributed by atoms with Gasteiger partial charge in [0.05, 0.1) is 12.2 Å². The second-order valence-corrected chi connectivity index (χ2v) is 5.17. The zero-order valence-corrected chi connectivity index (χ0v) is 13.7. The number of carbonyl (C=O) groups is 2. The average Bonchev–Trinajstić information content (AvgIpc) is 2.50. The van der Waals surface area contributed by atoms with Crippen LogP contribution in [0, 0.1) is 0 Å². The molecule has 0 saturated carbocycles. The standard InChI is InChI=1S/C16H17ClF3NO3/c1-2-24-15(23)4-3-9-21-14(22)8-5-11-10-12(16(18,19)20)6-7-13(11)17/h5-8,10H,2-4,9H2,1H3,(H,21,22). The quantitative estimate of drug-likeness (QED) is 0.455. The summed E-state index contributed by atoms with van der Waals surface area (Å²) >= 11 is 5.82. The van der Waals surface area contributed by atoms with Gasteiger partial charge >= 0.3 is 12.1 Å². The maximum Gasteiger partial charge on any atom is 0.416 e. The summed E-state index contributed by atoms with van der Waals surface area (Å²) in [5, 5.41) is 2.62. The van der Waals surface area contributed by atoms with Crippen molar-refractivity contribution in [2.45, 2.75) is 25.9 Å². The van der Waals surface area contributed by atoms with Crippen molar-refractivity contribution in [1.29, 1.82) is 0 Å². The molecule has 1 N–H and O–H groups in total. The number of hydrogen-bond acceptors (Lipinski definition) is 3. The molecule has 132 valence electrons. The van der Waals surface area contributed by atoms with Crippen LogP contribution in [0.5, 0.6) is 0 Å². The van der Waals surface area contributed by atoms with Crippen LogP contribution in [0.2, 0.25) is 5.02 Å². The molecule has 0 aliphatic rings. The minimum atomic E-state index is -4.48. The van der Waals surface area contributed by atoms with Gasteiger partial charge in [-0.15, -0.1) is 0 Å². The highest BCUT2D eigenvalue weighted by atomic mass is 35.5. The first-order valence-electron chi connectivity index (χ1n) is 7.22. The number of ether oxygens (including phenoxy) is 1. The summed E-state index contributed by atoms with van der Waals surface area (Å²) in [4.78, 5) is 22.7. The molecular formula is C16H17ClF3NO3. The monoisotopic (exact) mass is 363 g/mol. The van der Waals surface area contributed by atoms with E-state index in [9.17, 15) is 22.8 Å². The minimum Gasteiger partial charge on any atom is -0.466 e. The number of nitrogens with one attached hydrogen (secondary N) is 1. The Labute approximate surface area is 142 Å². The van der Waals surface area contributed by atoms with Crippen molar-refractivity contribution in [3.63, 3.8) is 0 Å². The summed E-state index contributed by atoms with van der Waals surface area (Å²) in [6, 6.07) is 2.86. The molecule has 0 heterocycles. The lowest BCUT2D eigenvalue weighted by Gasteiger charge is -2.08. The zero-order chi connectivity index (χ0) is 18.2. The highest BCUT2D eigenvalue weighted by Gasteiger charge is 2.30. The van der Waals surface area contributed by atoms with Crippen molar-refractivity contribution in [1.82, 2.24) is 5.32 Å². The minimum absolute atomic E-state index is 0.0909. The molecule has 0 radical (unpaired) electrons. The highest BCUT2D eigenvalue weighted by molar-refractivity contribution is 6.32. The fourth-order valence-corrected chi connectivity index (χ4v) is 1.93. The van der Waals surface area contributed by atoms with Crippen molar-refractivity contribution in [3.05, 3.63) is 40.4 Å². The van der Waals surface area contributed by atoms with Crippen LogP contribution in [0.15, 0.2) is 24.3 Å². The van der Waals surface area contributed by atoms with E-state index in [4.69, 9.17) is 16.3 Å². The highest BCUT2D eigenvalue weighted by Crippen LogP contribution is 2.32. The zero-order valence-electron chi connectivity index (χ0n) is 13.0. The van der Waals surface area contributed by atoms with Gasteiger partial charge in [0.15, 0.2) is 0 Å². The Morgan fingerprint density at radius 1 is 1.33 bits per heavy atom. The van der Waals surface area contributed by atoms with Crippen LogP contribution in [0.4, 0.5) is 13.2 Å². The van der Waals surface area contributed by atoms with E-state index in [2.05, 4.69) is 5.32 Å². The maximum absolute atomic E-state index is 12.6. The van der Waals surface area contributed by atoms with Gasteiger partial charge in [0.2, 0.25) is 5.91 Å². The molecule has 0 aromatic heterocycles. The Kier molecular flexibility index (Phi) is 7.78. The number of benzene rings is 1. The average molecular weight is 364 g/mol. The molecule has 1 rings (SSSR count). The number of esters is 1. The van der Waals surface area contributed by atoms with Crippen molar-refractivity contribution < 1.29 is 27.5 Å². The molecule has 24 heavy (non-hydrogen) atoms. The van der Waals surface area contributed by atoms with Crippen LogP contribution in [0.1, 0.15) is 30.9 Å². The van der Waals surface area contributed by atoms with Gasteiger partial charge in [0.25, 0.3) is 0 Å². The molecule has 0 fully saturated rings. The molecule has 0 spiro atoms. The molecule has 0 saturated heterocycles. The SMILES string of the molecule is CCOC(=O)CCCNC(=O)C=Cc1cc(C(F)(F)F)ccc1Cl. The number of rotatable bonds is 7. The van der Waals surface area contributed by atoms with Crippen LogP contribution in [0.25, 0.3) is 6.08 Å². The van der Waals surface area contributed by atoms with Crippen LogP contribution in [-0.2, 0) is 20.5 Å². The van der Waals surface area contributed by atoms with Crippen molar-refractivity contribution in [2.75, 3.05) is 13.2 Å². The first-order valence-corrected chi connectivity index (χ1v) is 7.60. The summed E-state index contributed by atoms with van der Waals surface area (Å²) in [5.74, 6) is -0.842. The van der Waals surface area contributed by atoms with Crippen molar-refractivity contribution in [2.24, 2.45) is 0 Å². The lowest BCUT2D eigenvalue weighted by molar-refractivity contribution is -0.143. The van der Waals surface area contributed by atoms with Crippen molar-refractivity contribution >= 4 is 29.6 Å². The van der Waals surface area contributed by atoms with Crippen LogP contribution in [0.3, 0.4) is 0 Å². The first kappa shape index (κ1) is 20.0. The normalized spacial score (nSPS) is 11.5. The molecule has 0 atom stereocenters. The molecular weight excluding hydrogens is 347 g/mol. The van der Waals surface area contributed by atoms with E-state index in [-0.39, 0.29) is 29.5 Å². The van der Waals surface area contributed by atoms with Gasteiger partial charge in [-0.25, -0.2) is 0 Å². The van der Waals surface area contributed by atoms with Gasteiger partial charge in [-0.05, 0) is 43.2 Å². The maximum atomic E-state index is 12.6. The Morgan fingerprint density at radius 2 is 2.04 bits per heavy atom. The molecule has 1 amide bonds. The second kappa shape index (κ2) is 9.32. The second-order valence-electron chi connectivity index (χ2n) is 4.77. The Morgan fingerprint density at radius 3 is 2.67 bits per heavy atom. The molecule has 1 aromatic rings. The Bertz CT molecular complexity index is 615. The lowest BCUT2D eigenvalue weighted by atomic mass is 10.1. The predicted octanol–water partition coefficient (Wildman–Crippen LogP) is 3.83. The molecule has 8 heteroatoms. The largest absolute Gasteiger partial charge is 0.466 e. The Balaban J connectivity index is 2.54. The smallest absolute Gasteiger partial charge is 0.416 e. The number of halogens is 4. The molecule has 4 nitrogen and oxygen atoms in total. The first-order chi connectivity index (χ1) is 11.2. The van der Waals surface area contributed by atoms with Gasteiger partial charge in [0, 0.05) is 24.1 Å². The summed E-state index contributed by atoms with van der Waals surface area (Å²) < 4.78 is 42.7. The summed E-state index contributed by atoms with van der Waals surface area (Å²) in [5.41, 5.74) is -0.755. The van der Waals surface area contributed by atoms with Crippen LogP contribution in [-0.4, -0.2) is 25.0 Å². The summed E-state index contributed by atoms with van der Waals surface area (Å²) in [6.45, 7) is 2.24. The van der Waals surface area contributed by atoms with Gasteiger partial charge < -0.3 is 10.1 Å². The molecule has 0 unspecified atom stereocenters. The number of amides is 1. The van der Waals surface area contributed by atoms with Crippen LogP contribution >= 0.6 is 11.6 Å². The van der Waals surface area contributed by atoms with Gasteiger partial charge in [-0.1, -0.05) is 11.6 Å². The molecule has 0 bridgehead atoms. The third-order valence-corrected chi connectivity index (χ3v) is 3.24. The Hall–Kier alpha value is -2.02. The molecule has 0 aliphatic heterocycles. The van der Waals surface area contributed by atoms with E-state index >= 15 is 0 Å². The van der Waals surface area contributed by atoms with E-state index in [1.54, 1.807) is 6.92 Å². The van der Waals surface area contributed by atoms with Gasteiger partial charge in [-0.2, -0.15) is 13.2 Å². The van der Waals surface area contributed by atoms with Gasteiger partial charge in [-0.3, -0.25) is 9.59 Å². The van der Waals surface area contributed by atoms with E-state index in [0.29, 0.717) is 13.0 Å². The van der Waals surface area contributed by atoms with Crippen LogP contribution < -0.4 is 5.32 Å². The summed E-state index contributed by atoms with van der Waals surface area (Å²) in [7, 11) is 0. The lowest BCUT2D eigenvalue weighted by Crippen LogP contribution is -2.22. The third-order valence-electron chi connectivity index (χ3n) is 2.90. The number of hydrogen-bond donors (Lipinski definition) is 1. The van der Waals surface area contributed by atoms with E-state index in [1.165, 1.54) is 6.08 Å². The topological polar surface area (TPSA) is 55.4 Å². The van der Waals surface area contributed by atoms with Crippen molar-refractivity contribution in [3.8, 4) is 0 Å². The van der Waals surface area contributed by atoms with E-state index in [0.717, 1.165) is 24.3 Å². The predicted molar refractivity (Wildman–Crippen MR) is 84.4 cm³/mol. The van der Waals surface area contributed by atoms with E-state index < -0.39 is 17.6 Å². The number of alkyl halides is 3.